The summed E-state index contributed by atoms with van der Waals surface area (Å²) in [5.41, 5.74) is 2.34. The van der Waals surface area contributed by atoms with Crippen molar-refractivity contribution in [2.24, 2.45) is 5.92 Å². The average Bonchev–Trinajstić information content (AvgIpc) is 2.31. The zero-order valence-corrected chi connectivity index (χ0v) is 12.1. The van der Waals surface area contributed by atoms with E-state index in [1.54, 1.807) is 6.07 Å². The van der Waals surface area contributed by atoms with E-state index in [1.165, 1.54) is 18.1 Å². The maximum absolute atomic E-state index is 13.2. The van der Waals surface area contributed by atoms with Crippen LogP contribution in [0.4, 0.5) is 4.39 Å². The fraction of sp³-hybridized carbons (Fsp3) is 0.625. The minimum absolute atomic E-state index is 0.125. The van der Waals surface area contributed by atoms with Crippen molar-refractivity contribution in [3.05, 3.63) is 35.1 Å². The second kappa shape index (κ2) is 7.52. The summed E-state index contributed by atoms with van der Waals surface area (Å²) in [4.78, 5) is 0. The van der Waals surface area contributed by atoms with Gasteiger partial charge in [0.1, 0.15) is 5.82 Å². The van der Waals surface area contributed by atoms with Crippen LogP contribution in [0.5, 0.6) is 0 Å². The van der Waals surface area contributed by atoms with Crippen molar-refractivity contribution in [2.75, 3.05) is 6.54 Å². The van der Waals surface area contributed by atoms with Crippen molar-refractivity contribution in [1.82, 2.24) is 5.32 Å². The summed E-state index contributed by atoms with van der Waals surface area (Å²) in [5.74, 6) is 0.449. The van der Waals surface area contributed by atoms with Gasteiger partial charge in [0.05, 0.1) is 0 Å². The van der Waals surface area contributed by atoms with Gasteiger partial charge in [-0.1, -0.05) is 19.9 Å². The second-order valence-electron chi connectivity index (χ2n) is 5.47. The molecule has 1 aromatic carbocycles. The van der Waals surface area contributed by atoms with Gasteiger partial charge < -0.3 is 5.32 Å². The van der Waals surface area contributed by atoms with E-state index in [4.69, 9.17) is 0 Å². The Hall–Kier alpha value is -0.890. The van der Waals surface area contributed by atoms with Gasteiger partial charge in [0.2, 0.25) is 0 Å². The van der Waals surface area contributed by atoms with Gasteiger partial charge in [-0.3, -0.25) is 0 Å². The zero-order chi connectivity index (χ0) is 13.5. The fourth-order valence-electron chi connectivity index (χ4n) is 2.40. The zero-order valence-electron chi connectivity index (χ0n) is 12.1. The van der Waals surface area contributed by atoms with Crippen LogP contribution in [0.15, 0.2) is 18.2 Å². The van der Waals surface area contributed by atoms with E-state index in [2.05, 4.69) is 33.0 Å². The molecule has 2 heteroatoms. The molecule has 102 valence electrons. The third-order valence-electron chi connectivity index (χ3n) is 3.38. The van der Waals surface area contributed by atoms with Crippen molar-refractivity contribution < 1.29 is 4.39 Å². The first kappa shape index (κ1) is 15.2. The molecule has 0 aliphatic rings. The Morgan fingerprint density at radius 1 is 1.28 bits per heavy atom. The second-order valence-corrected chi connectivity index (χ2v) is 5.47. The molecular weight excluding hydrogens is 225 g/mol. The molecule has 0 saturated carbocycles. The SMILES string of the molecule is CCCNC(C)CC(C)Cc1cc(F)ccc1C. The van der Waals surface area contributed by atoms with Crippen LogP contribution >= 0.6 is 0 Å². The summed E-state index contributed by atoms with van der Waals surface area (Å²) >= 11 is 0. The topological polar surface area (TPSA) is 12.0 Å². The van der Waals surface area contributed by atoms with E-state index < -0.39 is 0 Å². The molecule has 1 aromatic rings. The Labute approximate surface area is 111 Å². The average molecular weight is 251 g/mol. The van der Waals surface area contributed by atoms with E-state index in [1.807, 2.05) is 6.07 Å². The molecule has 0 fully saturated rings. The summed E-state index contributed by atoms with van der Waals surface area (Å²) in [6.45, 7) is 9.78. The van der Waals surface area contributed by atoms with Gasteiger partial charge in [0, 0.05) is 6.04 Å². The Morgan fingerprint density at radius 3 is 2.67 bits per heavy atom. The number of hydrogen-bond acceptors (Lipinski definition) is 1. The predicted octanol–water partition coefficient (Wildman–Crippen LogP) is 4.09. The lowest BCUT2D eigenvalue weighted by molar-refractivity contribution is 0.419. The van der Waals surface area contributed by atoms with Crippen LogP contribution in [0.3, 0.4) is 0 Å². The number of aryl methyl sites for hydroxylation is 1. The van der Waals surface area contributed by atoms with Crippen molar-refractivity contribution >= 4 is 0 Å². The fourth-order valence-corrected chi connectivity index (χ4v) is 2.40. The molecular formula is C16H26FN. The molecule has 0 amide bonds. The summed E-state index contributed by atoms with van der Waals surface area (Å²) in [5, 5.41) is 3.50. The summed E-state index contributed by atoms with van der Waals surface area (Å²) in [6, 6.07) is 5.62. The van der Waals surface area contributed by atoms with Gasteiger partial charge in [-0.2, -0.15) is 0 Å². The quantitative estimate of drug-likeness (QED) is 0.769. The Kier molecular flexibility index (Phi) is 6.34. The van der Waals surface area contributed by atoms with Crippen molar-refractivity contribution in [3.63, 3.8) is 0 Å². The van der Waals surface area contributed by atoms with Crippen LogP contribution in [-0.2, 0) is 6.42 Å². The van der Waals surface area contributed by atoms with Crippen LogP contribution in [0.25, 0.3) is 0 Å². The molecule has 2 atom stereocenters. The van der Waals surface area contributed by atoms with Crippen LogP contribution in [0.2, 0.25) is 0 Å². The first-order valence-corrected chi connectivity index (χ1v) is 7.01. The molecule has 0 heterocycles. The summed E-state index contributed by atoms with van der Waals surface area (Å²) in [7, 11) is 0. The van der Waals surface area contributed by atoms with E-state index in [9.17, 15) is 4.39 Å². The van der Waals surface area contributed by atoms with Crippen molar-refractivity contribution in [3.8, 4) is 0 Å². The van der Waals surface area contributed by atoms with E-state index >= 15 is 0 Å². The van der Waals surface area contributed by atoms with E-state index in [-0.39, 0.29) is 5.82 Å². The largest absolute Gasteiger partial charge is 0.314 e. The highest BCUT2D eigenvalue weighted by atomic mass is 19.1. The van der Waals surface area contributed by atoms with Crippen LogP contribution in [-0.4, -0.2) is 12.6 Å². The number of nitrogens with one attached hydrogen (secondary N) is 1. The highest BCUT2D eigenvalue weighted by Crippen LogP contribution is 2.18. The minimum Gasteiger partial charge on any atom is -0.314 e. The predicted molar refractivity (Wildman–Crippen MR) is 76.4 cm³/mol. The number of halogens is 1. The lowest BCUT2D eigenvalue weighted by Gasteiger charge is -2.19. The highest BCUT2D eigenvalue weighted by Gasteiger charge is 2.10. The number of rotatable bonds is 7. The number of benzene rings is 1. The number of hydrogen-bond donors (Lipinski definition) is 1. The molecule has 18 heavy (non-hydrogen) atoms. The van der Waals surface area contributed by atoms with Gasteiger partial charge >= 0.3 is 0 Å². The molecule has 0 radical (unpaired) electrons. The molecule has 0 saturated heterocycles. The van der Waals surface area contributed by atoms with E-state index in [0.29, 0.717) is 12.0 Å². The molecule has 0 aliphatic heterocycles. The molecule has 0 aromatic heterocycles. The first-order valence-electron chi connectivity index (χ1n) is 7.01. The lowest BCUT2D eigenvalue weighted by Crippen LogP contribution is -2.28. The van der Waals surface area contributed by atoms with E-state index in [0.717, 1.165) is 24.9 Å². The normalized spacial score (nSPS) is 14.5. The van der Waals surface area contributed by atoms with Crippen LogP contribution < -0.4 is 5.32 Å². The monoisotopic (exact) mass is 251 g/mol. The lowest BCUT2D eigenvalue weighted by atomic mass is 9.92. The maximum Gasteiger partial charge on any atom is 0.123 e. The summed E-state index contributed by atoms with van der Waals surface area (Å²) < 4.78 is 13.2. The molecule has 1 nitrogen and oxygen atoms in total. The highest BCUT2D eigenvalue weighted by molar-refractivity contribution is 5.26. The first-order chi connectivity index (χ1) is 8.52. The molecule has 1 rings (SSSR count). The molecule has 0 spiro atoms. The Balaban J connectivity index is 2.48. The van der Waals surface area contributed by atoms with Gasteiger partial charge in [-0.05, 0) is 68.8 Å². The smallest absolute Gasteiger partial charge is 0.123 e. The molecule has 2 unspecified atom stereocenters. The standard InChI is InChI=1S/C16H26FN/c1-5-8-18-14(4)9-12(2)10-15-11-16(17)7-6-13(15)3/h6-7,11-12,14,18H,5,8-10H2,1-4H3. The van der Waals surface area contributed by atoms with Gasteiger partial charge in [-0.15, -0.1) is 0 Å². The van der Waals surface area contributed by atoms with Gasteiger partial charge in [0.25, 0.3) is 0 Å². The Bertz CT molecular complexity index is 362. The summed E-state index contributed by atoms with van der Waals surface area (Å²) in [6.07, 6.45) is 3.26. The third kappa shape index (κ3) is 5.18. The Morgan fingerprint density at radius 2 is 2.00 bits per heavy atom. The van der Waals surface area contributed by atoms with Gasteiger partial charge in [-0.25, -0.2) is 4.39 Å². The maximum atomic E-state index is 13.2. The molecule has 0 bridgehead atoms. The minimum atomic E-state index is -0.125. The van der Waals surface area contributed by atoms with Crippen molar-refractivity contribution in [1.29, 1.82) is 0 Å². The molecule has 0 aliphatic carbocycles. The third-order valence-corrected chi connectivity index (χ3v) is 3.38. The van der Waals surface area contributed by atoms with Gasteiger partial charge in [0.15, 0.2) is 0 Å². The van der Waals surface area contributed by atoms with Crippen LogP contribution in [0, 0.1) is 18.7 Å². The van der Waals surface area contributed by atoms with Crippen LogP contribution in [0.1, 0.15) is 44.7 Å². The van der Waals surface area contributed by atoms with Crippen molar-refractivity contribution in [2.45, 2.75) is 53.0 Å². The molecule has 1 N–H and O–H groups in total.